The molecule has 0 spiro atoms. The van der Waals surface area contributed by atoms with E-state index in [-0.39, 0.29) is 11.0 Å². The number of amides is 1. The summed E-state index contributed by atoms with van der Waals surface area (Å²) in [4.78, 5) is 11.3. The molecule has 0 saturated heterocycles. The summed E-state index contributed by atoms with van der Waals surface area (Å²) in [7, 11) is 0. The Morgan fingerprint density at radius 1 is 1.39 bits per heavy atom. The van der Waals surface area contributed by atoms with Crippen molar-refractivity contribution in [3.63, 3.8) is 0 Å². The molecule has 0 aliphatic carbocycles. The van der Waals surface area contributed by atoms with Crippen molar-refractivity contribution in [1.82, 2.24) is 0 Å². The summed E-state index contributed by atoms with van der Waals surface area (Å²) < 4.78 is 5.57. The SMILES string of the molecule is CC(C)(C)CCOc1c(Cl)cc(N)cc1C(N)=O. The van der Waals surface area contributed by atoms with Crippen LogP contribution in [0.1, 0.15) is 37.6 Å². The highest BCUT2D eigenvalue weighted by Gasteiger charge is 2.16. The first-order valence-electron chi connectivity index (χ1n) is 5.72. The topological polar surface area (TPSA) is 78.3 Å². The number of benzene rings is 1. The maximum absolute atomic E-state index is 11.3. The van der Waals surface area contributed by atoms with Gasteiger partial charge in [0.05, 0.1) is 17.2 Å². The summed E-state index contributed by atoms with van der Waals surface area (Å²) in [5.74, 6) is -0.294. The largest absolute Gasteiger partial charge is 0.491 e. The van der Waals surface area contributed by atoms with Crippen LogP contribution in [0.4, 0.5) is 5.69 Å². The zero-order chi connectivity index (χ0) is 13.9. The van der Waals surface area contributed by atoms with Crippen LogP contribution in [0.2, 0.25) is 5.02 Å². The minimum absolute atomic E-state index is 0.146. The number of carbonyl (C=O) groups excluding carboxylic acids is 1. The molecule has 0 radical (unpaired) electrons. The highest BCUT2D eigenvalue weighted by molar-refractivity contribution is 6.33. The molecule has 1 amide bonds. The number of nitrogens with two attached hydrogens (primary N) is 2. The highest BCUT2D eigenvalue weighted by Crippen LogP contribution is 2.32. The standard InChI is InChI=1S/C13H19ClN2O2/c1-13(2,3)4-5-18-11-9(12(16)17)6-8(15)7-10(11)14/h6-7H,4-5,15H2,1-3H3,(H2,16,17). The zero-order valence-electron chi connectivity index (χ0n) is 10.9. The third kappa shape index (κ3) is 4.11. The normalized spacial score (nSPS) is 11.3. The van der Waals surface area contributed by atoms with Crippen LogP contribution in [0.15, 0.2) is 12.1 Å². The lowest BCUT2D eigenvalue weighted by Crippen LogP contribution is -2.16. The number of ether oxygens (including phenoxy) is 1. The van der Waals surface area contributed by atoms with E-state index in [9.17, 15) is 4.79 Å². The lowest BCUT2D eigenvalue weighted by atomic mass is 9.93. The Morgan fingerprint density at radius 2 is 2.00 bits per heavy atom. The summed E-state index contributed by atoms with van der Waals surface area (Å²) in [5, 5.41) is 0.303. The molecular weight excluding hydrogens is 252 g/mol. The van der Waals surface area contributed by atoms with E-state index < -0.39 is 5.91 Å². The fourth-order valence-corrected chi connectivity index (χ4v) is 1.69. The van der Waals surface area contributed by atoms with Crippen molar-refractivity contribution < 1.29 is 9.53 Å². The van der Waals surface area contributed by atoms with Gasteiger partial charge >= 0.3 is 0 Å². The number of primary amides is 1. The molecule has 0 aliphatic heterocycles. The fraction of sp³-hybridized carbons (Fsp3) is 0.462. The maximum atomic E-state index is 11.3. The summed E-state index contributed by atoms with van der Waals surface area (Å²) in [6.45, 7) is 6.79. The van der Waals surface area contributed by atoms with Crippen LogP contribution in [0, 0.1) is 5.41 Å². The molecule has 0 bridgehead atoms. The van der Waals surface area contributed by atoms with Crippen LogP contribution < -0.4 is 16.2 Å². The van der Waals surface area contributed by atoms with Crippen molar-refractivity contribution in [2.24, 2.45) is 11.1 Å². The Labute approximate surface area is 112 Å². The number of hydrogen-bond donors (Lipinski definition) is 2. The number of carbonyl (C=O) groups is 1. The first kappa shape index (κ1) is 14.6. The van der Waals surface area contributed by atoms with Gasteiger partial charge in [-0.2, -0.15) is 0 Å². The van der Waals surface area contributed by atoms with Crippen molar-refractivity contribution in [3.8, 4) is 5.75 Å². The lowest BCUT2D eigenvalue weighted by molar-refractivity contribution is 0.0996. The molecule has 0 fully saturated rings. The number of nitrogen functional groups attached to an aromatic ring is 1. The smallest absolute Gasteiger partial charge is 0.252 e. The van der Waals surface area contributed by atoms with Gasteiger partial charge in [0.25, 0.3) is 5.91 Å². The van der Waals surface area contributed by atoms with Gasteiger partial charge in [0, 0.05) is 5.69 Å². The van der Waals surface area contributed by atoms with E-state index in [2.05, 4.69) is 20.8 Å². The Kier molecular flexibility index (Phi) is 4.46. The fourth-order valence-electron chi connectivity index (χ4n) is 1.40. The van der Waals surface area contributed by atoms with Crippen LogP contribution in [-0.2, 0) is 0 Å². The van der Waals surface area contributed by atoms with E-state index in [1.54, 1.807) is 6.07 Å². The molecule has 0 aliphatic rings. The van der Waals surface area contributed by atoms with Crippen molar-refractivity contribution in [1.29, 1.82) is 0 Å². The second kappa shape index (κ2) is 5.48. The van der Waals surface area contributed by atoms with Crippen LogP contribution >= 0.6 is 11.6 Å². The van der Waals surface area contributed by atoms with Gasteiger partial charge in [-0.25, -0.2) is 0 Å². The number of rotatable bonds is 4. The van der Waals surface area contributed by atoms with E-state index in [1.807, 2.05) is 0 Å². The first-order chi connectivity index (χ1) is 8.20. The molecule has 18 heavy (non-hydrogen) atoms. The first-order valence-corrected chi connectivity index (χ1v) is 6.10. The average molecular weight is 271 g/mol. The van der Waals surface area contributed by atoms with Gasteiger partial charge in [-0.05, 0) is 24.0 Å². The molecule has 0 saturated carbocycles. The van der Waals surface area contributed by atoms with Gasteiger partial charge < -0.3 is 16.2 Å². The number of halogens is 1. The van der Waals surface area contributed by atoms with Gasteiger partial charge in [0.1, 0.15) is 0 Å². The molecule has 1 rings (SSSR count). The van der Waals surface area contributed by atoms with Gasteiger partial charge in [-0.15, -0.1) is 0 Å². The minimum Gasteiger partial charge on any atom is -0.491 e. The van der Waals surface area contributed by atoms with Crippen molar-refractivity contribution in [2.45, 2.75) is 27.2 Å². The van der Waals surface area contributed by atoms with E-state index in [0.29, 0.717) is 23.1 Å². The van der Waals surface area contributed by atoms with Gasteiger partial charge in [-0.1, -0.05) is 32.4 Å². The molecule has 1 aromatic rings. The van der Waals surface area contributed by atoms with Crippen LogP contribution in [0.3, 0.4) is 0 Å². The van der Waals surface area contributed by atoms with Gasteiger partial charge in [0.15, 0.2) is 5.75 Å². The van der Waals surface area contributed by atoms with Gasteiger partial charge in [-0.3, -0.25) is 4.79 Å². The predicted molar refractivity (Wildman–Crippen MR) is 73.9 cm³/mol. The zero-order valence-corrected chi connectivity index (χ0v) is 11.7. The third-order valence-corrected chi connectivity index (χ3v) is 2.71. The van der Waals surface area contributed by atoms with E-state index in [0.717, 1.165) is 6.42 Å². The minimum atomic E-state index is -0.602. The second-order valence-electron chi connectivity index (χ2n) is 5.40. The summed E-state index contributed by atoms with van der Waals surface area (Å²) in [5.41, 5.74) is 11.6. The maximum Gasteiger partial charge on any atom is 0.252 e. The molecule has 5 heteroatoms. The average Bonchev–Trinajstić information content (AvgIpc) is 2.18. The molecule has 4 N–H and O–H groups in total. The van der Waals surface area contributed by atoms with Crippen LogP contribution in [0.25, 0.3) is 0 Å². The van der Waals surface area contributed by atoms with E-state index in [4.69, 9.17) is 27.8 Å². The highest BCUT2D eigenvalue weighted by atomic mass is 35.5. The summed E-state index contributed by atoms with van der Waals surface area (Å²) in [6.07, 6.45) is 0.839. The molecular formula is C13H19ClN2O2. The van der Waals surface area contributed by atoms with Gasteiger partial charge in [0.2, 0.25) is 0 Å². The van der Waals surface area contributed by atoms with E-state index in [1.165, 1.54) is 6.07 Å². The monoisotopic (exact) mass is 270 g/mol. The van der Waals surface area contributed by atoms with Crippen molar-refractivity contribution in [3.05, 3.63) is 22.7 Å². The summed E-state index contributed by atoms with van der Waals surface area (Å²) in [6, 6.07) is 3.01. The molecule has 4 nitrogen and oxygen atoms in total. The quantitative estimate of drug-likeness (QED) is 0.826. The van der Waals surface area contributed by atoms with Crippen molar-refractivity contribution >= 4 is 23.2 Å². The predicted octanol–water partition coefficient (Wildman–Crippen LogP) is 2.84. The third-order valence-electron chi connectivity index (χ3n) is 2.43. The number of hydrogen-bond acceptors (Lipinski definition) is 3. The molecule has 100 valence electrons. The summed E-state index contributed by atoms with van der Waals surface area (Å²) >= 11 is 6.02. The van der Waals surface area contributed by atoms with Crippen molar-refractivity contribution in [2.75, 3.05) is 12.3 Å². The van der Waals surface area contributed by atoms with Crippen LogP contribution in [0.5, 0.6) is 5.75 Å². The second-order valence-corrected chi connectivity index (χ2v) is 5.81. The lowest BCUT2D eigenvalue weighted by Gasteiger charge is -2.19. The Morgan fingerprint density at radius 3 is 2.50 bits per heavy atom. The molecule has 0 aromatic heterocycles. The molecule has 0 unspecified atom stereocenters. The Bertz CT molecular complexity index is 453. The Hall–Kier alpha value is -1.42. The van der Waals surface area contributed by atoms with E-state index >= 15 is 0 Å². The number of anilines is 1. The molecule has 1 aromatic carbocycles. The van der Waals surface area contributed by atoms with Crippen LogP contribution in [-0.4, -0.2) is 12.5 Å². The molecule has 0 heterocycles. The molecule has 0 atom stereocenters. The Balaban J connectivity index is 2.91.